The van der Waals surface area contributed by atoms with E-state index in [-0.39, 0.29) is 0 Å². The lowest BCUT2D eigenvalue weighted by atomic mass is 9.50. The van der Waals surface area contributed by atoms with Crippen LogP contribution >= 0.6 is 11.8 Å². The third-order valence-electron chi connectivity index (χ3n) is 15.8. The van der Waals surface area contributed by atoms with Gasteiger partial charge in [-0.2, -0.15) is 11.8 Å². The number of thioether (sulfide) groups is 1. The Labute approximate surface area is 240 Å². The Bertz CT molecular complexity index is 835. The minimum Gasteiger partial charge on any atom is -0.161 e. The average Bonchev–Trinajstić information content (AvgIpc) is 3.58. The van der Waals surface area contributed by atoms with Gasteiger partial charge in [-0.3, -0.25) is 0 Å². The minimum absolute atomic E-state index is 1.03. The molecule has 0 N–H and O–H groups in total. The van der Waals surface area contributed by atoms with E-state index in [1.807, 2.05) is 0 Å². The van der Waals surface area contributed by atoms with Gasteiger partial charge in [0.05, 0.1) is 0 Å². The van der Waals surface area contributed by atoms with Crippen LogP contribution in [0.5, 0.6) is 0 Å². The summed E-state index contributed by atoms with van der Waals surface area (Å²) in [5.41, 5.74) is 0. The van der Waals surface area contributed by atoms with Gasteiger partial charge in [-0.05, 0) is 177 Å². The molecule has 16 unspecified atom stereocenters. The predicted molar refractivity (Wildman–Crippen MR) is 163 cm³/mol. The van der Waals surface area contributed by atoms with E-state index in [0.29, 0.717) is 0 Å². The molecular formula is C37H60S. The van der Waals surface area contributed by atoms with Crippen molar-refractivity contribution in [1.82, 2.24) is 0 Å². The molecule has 214 valence electrons. The highest BCUT2D eigenvalue weighted by Crippen LogP contribution is 2.67. The van der Waals surface area contributed by atoms with E-state index in [9.17, 15) is 0 Å². The maximum atomic E-state index is 2.70. The lowest BCUT2D eigenvalue weighted by Crippen LogP contribution is -2.49. The normalized spacial score (nSPS) is 58.3. The summed E-state index contributed by atoms with van der Waals surface area (Å²) in [5, 5.41) is 0. The second-order valence-corrected chi connectivity index (χ2v) is 18.1. The molecule has 1 aliphatic heterocycles. The fraction of sp³-hybridized carbons (Fsp3) is 1.00. The topological polar surface area (TPSA) is 0 Å². The van der Waals surface area contributed by atoms with Crippen LogP contribution in [0.25, 0.3) is 0 Å². The van der Waals surface area contributed by atoms with Crippen molar-refractivity contribution in [3.05, 3.63) is 0 Å². The molecule has 16 atom stereocenters. The molecule has 38 heavy (non-hydrogen) atoms. The van der Waals surface area contributed by atoms with Crippen molar-refractivity contribution in [2.45, 2.75) is 123 Å². The summed E-state index contributed by atoms with van der Waals surface area (Å²) < 4.78 is 0. The van der Waals surface area contributed by atoms with Gasteiger partial charge < -0.3 is 0 Å². The highest BCUT2D eigenvalue weighted by molar-refractivity contribution is 7.99. The summed E-state index contributed by atoms with van der Waals surface area (Å²) in [6.45, 7) is 5.34. The number of hydrogen-bond donors (Lipinski definition) is 0. The third-order valence-corrected chi connectivity index (χ3v) is 17.1. The van der Waals surface area contributed by atoms with E-state index in [0.717, 1.165) is 94.7 Å². The minimum atomic E-state index is 1.03. The van der Waals surface area contributed by atoms with Crippen molar-refractivity contribution in [2.24, 2.45) is 94.7 Å². The predicted octanol–water partition coefficient (Wildman–Crippen LogP) is 10.4. The Morgan fingerprint density at radius 1 is 0.368 bits per heavy atom. The fourth-order valence-corrected chi connectivity index (χ4v) is 16.2. The molecule has 0 radical (unpaired) electrons. The van der Waals surface area contributed by atoms with Gasteiger partial charge in [0, 0.05) is 0 Å². The first-order valence-electron chi connectivity index (χ1n) is 18.2. The molecule has 8 fully saturated rings. The van der Waals surface area contributed by atoms with Gasteiger partial charge in [0.15, 0.2) is 0 Å². The Hall–Kier alpha value is 0.350. The molecule has 0 aromatic rings. The van der Waals surface area contributed by atoms with E-state index in [2.05, 4.69) is 25.6 Å². The molecule has 0 bridgehead atoms. The second-order valence-electron chi connectivity index (χ2n) is 17.0. The van der Waals surface area contributed by atoms with Crippen molar-refractivity contribution in [2.75, 3.05) is 11.5 Å². The zero-order valence-electron chi connectivity index (χ0n) is 25.1. The molecule has 8 rings (SSSR count). The SMILES string of the molecule is CC1CCCC2CCC(C3CCC(C4CCCC5CSCC54)C4C3CC3CC(C)C5CCCCC5C34)CC12. The molecule has 7 aliphatic carbocycles. The quantitative estimate of drug-likeness (QED) is 0.338. The lowest BCUT2D eigenvalue weighted by molar-refractivity contribution is -0.0622. The number of hydrogen-bond acceptors (Lipinski definition) is 1. The third kappa shape index (κ3) is 4.25. The first-order chi connectivity index (χ1) is 18.7. The van der Waals surface area contributed by atoms with Crippen molar-refractivity contribution < 1.29 is 0 Å². The van der Waals surface area contributed by atoms with E-state index >= 15 is 0 Å². The molecule has 1 saturated heterocycles. The molecule has 0 spiro atoms. The summed E-state index contributed by atoms with van der Waals surface area (Å²) in [5.74, 6) is 20.7. The Balaban J connectivity index is 1.11. The molecule has 8 aliphatic rings. The summed E-state index contributed by atoms with van der Waals surface area (Å²) in [7, 11) is 0. The largest absolute Gasteiger partial charge is 0.161 e. The van der Waals surface area contributed by atoms with Gasteiger partial charge in [-0.15, -0.1) is 0 Å². The average molecular weight is 537 g/mol. The van der Waals surface area contributed by atoms with Crippen LogP contribution in [-0.4, -0.2) is 11.5 Å². The summed E-state index contributed by atoms with van der Waals surface area (Å²) in [6.07, 6.45) is 27.2. The zero-order chi connectivity index (χ0) is 25.4. The molecule has 1 heterocycles. The maximum absolute atomic E-state index is 2.70. The first-order valence-corrected chi connectivity index (χ1v) is 19.4. The van der Waals surface area contributed by atoms with Crippen molar-refractivity contribution in [3.8, 4) is 0 Å². The molecule has 0 amide bonds. The van der Waals surface area contributed by atoms with Crippen LogP contribution in [0.2, 0.25) is 0 Å². The molecular weight excluding hydrogens is 476 g/mol. The van der Waals surface area contributed by atoms with Gasteiger partial charge >= 0.3 is 0 Å². The monoisotopic (exact) mass is 536 g/mol. The van der Waals surface area contributed by atoms with Gasteiger partial charge in [-0.1, -0.05) is 52.4 Å². The van der Waals surface area contributed by atoms with Gasteiger partial charge in [0.2, 0.25) is 0 Å². The molecule has 0 aromatic carbocycles. The molecule has 7 saturated carbocycles. The highest BCUT2D eigenvalue weighted by Gasteiger charge is 2.60. The number of fused-ring (bicyclic) bond motifs is 7. The Morgan fingerprint density at radius 3 is 2.00 bits per heavy atom. The van der Waals surface area contributed by atoms with Crippen LogP contribution in [0.4, 0.5) is 0 Å². The molecule has 1 heteroatoms. The second kappa shape index (κ2) is 10.6. The van der Waals surface area contributed by atoms with Crippen molar-refractivity contribution in [1.29, 1.82) is 0 Å². The van der Waals surface area contributed by atoms with Crippen LogP contribution in [0.3, 0.4) is 0 Å². The molecule has 0 nitrogen and oxygen atoms in total. The number of rotatable bonds is 2. The van der Waals surface area contributed by atoms with E-state index < -0.39 is 0 Å². The van der Waals surface area contributed by atoms with Crippen LogP contribution in [0.1, 0.15) is 123 Å². The maximum Gasteiger partial charge on any atom is -0.00333 e. The standard InChI is InChI=1S/C37H60S/c1-22-7-5-8-24-13-14-25(18-33(22)24)29-15-16-32(30-12-6-9-26-20-38-21-35(26)30)37-34(29)19-27-17-23(2)28-10-3-4-11-31(28)36(27)37/h22-37H,3-21H2,1-2H3. The van der Waals surface area contributed by atoms with E-state index in [4.69, 9.17) is 0 Å². The summed E-state index contributed by atoms with van der Waals surface area (Å²) >= 11 is 2.35. The smallest absolute Gasteiger partial charge is 0.00333 e. The van der Waals surface area contributed by atoms with Crippen molar-refractivity contribution in [3.63, 3.8) is 0 Å². The first kappa shape index (κ1) is 26.0. The van der Waals surface area contributed by atoms with E-state index in [1.54, 1.807) is 103 Å². The van der Waals surface area contributed by atoms with Crippen LogP contribution < -0.4 is 0 Å². The van der Waals surface area contributed by atoms with E-state index in [1.165, 1.54) is 17.9 Å². The zero-order valence-corrected chi connectivity index (χ0v) is 25.9. The lowest BCUT2D eigenvalue weighted by Gasteiger charge is -2.55. The highest BCUT2D eigenvalue weighted by atomic mass is 32.2. The fourth-order valence-electron chi connectivity index (χ4n) is 14.5. The van der Waals surface area contributed by atoms with Crippen LogP contribution in [-0.2, 0) is 0 Å². The van der Waals surface area contributed by atoms with Crippen LogP contribution in [0, 0.1) is 94.7 Å². The van der Waals surface area contributed by atoms with Gasteiger partial charge in [-0.25, -0.2) is 0 Å². The van der Waals surface area contributed by atoms with Crippen molar-refractivity contribution >= 4 is 11.8 Å². The summed E-state index contributed by atoms with van der Waals surface area (Å²) in [4.78, 5) is 0. The Kier molecular flexibility index (Phi) is 7.23. The summed E-state index contributed by atoms with van der Waals surface area (Å²) in [6, 6.07) is 0. The Morgan fingerprint density at radius 2 is 1.08 bits per heavy atom. The van der Waals surface area contributed by atoms with Gasteiger partial charge in [0.25, 0.3) is 0 Å². The van der Waals surface area contributed by atoms with Crippen LogP contribution in [0.15, 0.2) is 0 Å². The molecule has 0 aromatic heterocycles. The van der Waals surface area contributed by atoms with Gasteiger partial charge in [0.1, 0.15) is 0 Å².